The molecule has 3 aliphatic heterocycles. The van der Waals surface area contributed by atoms with Gasteiger partial charge in [-0.15, -0.1) is 0 Å². The summed E-state index contributed by atoms with van der Waals surface area (Å²) in [5, 5.41) is 5.44. The number of alkyl carbamates (subject to hydrolysis) is 2. The van der Waals surface area contributed by atoms with Gasteiger partial charge in [0.05, 0.1) is 57.1 Å². The van der Waals surface area contributed by atoms with Crippen LogP contribution >= 0.6 is 0 Å². The number of amides is 4. The molecule has 2 saturated heterocycles. The van der Waals surface area contributed by atoms with Crippen molar-refractivity contribution < 1.29 is 33.4 Å². The molecule has 1 unspecified atom stereocenters. The Morgan fingerprint density at radius 3 is 1.74 bits per heavy atom. The zero-order valence-electron chi connectivity index (χ0n) is 33.5. The van der Waals surface area contributed by atoms with Crippen LogP contribution < -0.4 is 10.6 Å². The number of H-pyrrole nitrogens is 2. The second-order valence-electron chi connectivity index (χ2n) is 15.8. The van der Waals surface area contributed by atoms with Crippen molar-refractivity contribution in [2.45, 2.75) is 90.8 Å². The molecule has 5 heterocycles. The van der Waals surface area contributed by atoms with Gasteiger partial charge in [0.2, 0.25) is 11.8 Å². The standard InChI is InChI=1S/C43H53N7O7/c1-24(2)35(47-42(53)55-5)40(51)49-19-7-9-33(49)38-31-23-57-22-30(31)37(46-38)29-17-13-27(14-18-29)26-11-15-28(16-12-26)32-21-44-39(45-32)34-10-8-20-50(34)41(52)36(25(3)4)48-43(54)56-6/h11-18,21,24-25,33-36,46H,7-10,19-20,22-23H2,1-6H3,(H,44,45)(H,47,53)(H,48,54)/t33?,34-,35-,36-/m0/s1. The first-order valence-corrected chi connectivity index (χ1v) is 19.9. The van der Waals surface area contributed by atoms with Gasteiger partial charge in [0.25, 0.3) is 0 Å². The Hall–Kier alpha value is -5.63. The second-order valence-corrected chi connectivity index (χ2v) is 15.8. The molecule has 57 heavy (non-hydrogen) atoms. The van der Waals surface area contributed by atoms with Gasteiger partial charge in [-0.25, -0.2) is 14.6 Å². The summed E-state index contributed by atoms with van der Waals surface area (Å²) in [6, 6.07) is 15.0. The van der Waals surface area contributed by atoms with Crippen molar-refractivity contribution in [3.63, 3.8) is 0 Å². The van der Waals surface area contributed by atoms with E-state index in [1.165, 1.54) is 14.2 Å². The topological polar surface area (TPSA) is 171 Å². The van der Waals surface area contributed by atoms with Crippen molar-refractivity contribution in [2.75, 3.05) is 27.3 Å². The Bertz CT molecular complexity index is 2090. The minimum atomic E-state index is -0.689. The van der Waals surface area contributed by atoms with Gasteiger partial charge >= 0.3 is 12.2 Å². The van der Waals surface area contributed by atoms with Crippen molar-refractivity contribution >= 4 is 24.0 Å². The van der Waals surface area contributed by atoms with Crippen LogP contribution in [0.15, 0.2) is 54.7 Å². The molecule has 4 atom stereocenters. The first-order chi connectivity index (χ1) is 27.5. The highest BCUT2D eigenvalue weighted by Gasteiger charge is 2.40. The lowest BCUT2D eigenvalue weighted by atomic mass is 9.99. The smallest absolute Gasteiger partial charge is 0.407 e. The third-order valence-corrected chi connectivity index (χ3v) is 11.5. The molecule has 2 aromatic carbocycles. The fraction of sp³-hybridized carbons (Fsp3) is 0.465. The Kier molecular flexibility index (Phi) is 11.7. The number of aromatic amines is 2. The quantitative estimate of drug-likeness (QED) is 0.128. The number of hydrogen-bond donors (Lipinski definition) is 4. The predicted octanol–water partition coefficient (Wildman–Crippen LogP) is 6.86. The third-order valence-electron chi connectivity index (χ3n) is 11.5. The summed E-state index contributed by atoms with van der Waals surface area (Å²) in [6.45, 7) is 9.84. The van der Waals surface area contributed by atoms with Crippen molar-refractivity contribution in [3.05, 3.63) is 77.4 Å². The number of methoxy groups -OCH3 is 2. The van der Waals surface area contributed by atoms with Gasteiger partial charge in [-0.2, -0.15) is 0 Å². The van der Waals surface area contributed by atoms with E-state index in [1.807, 2.05) is 43.7 Å². The SMILES string of the molecule is COC(=O)N[C@H](C(=O)N1CCCC1c1[nH]c(-c2ccc(-c3ccc(-c4cnc([C@@H]5CCCN5C(=O)[C@@H](NC(=O)OC)C(C)C)[nH]4)cc3)cc2)c2c1COC2)C(C)C. The first-order valence-electron chi connectivity index (χ1n) is 19.9. The molecular formula is C43H53N7O7. The highest BCUT2D eigenvalue weighted by Crippen LogP contribution is 2.42. The molecule has 0 spiro atoms. The summed E-state index contributed by atoms with van der Waals surface area (Å²) in [7, 11) is 2.59. The fourth-order valence-corrected chi connectivity index (χ4v) is 8.43. The third kappa shape index (κ3) is 8.00. The van der Waals surface area contributed by atoms with E-state index in [4.69, 9.17) is 14.2 Å². The average Bonchev–Trinajstić information content (AvgIpc) is 4.07. The monoisotopic (exact) mass is 779 g/mol. The van der Waals surface area contributed by atoms with Gasteiger partial charge < -0.3 is 44.6 Å². The number of imidazole rings is 1. The maximum Gasteiger partial charge on any atom is 0.407 e. The van der Waals surface area contributed by atoms with Crippen LogP contribution in [-0.4, -0.2) is 88.1 Å². The number of carbonyl (C=O) groups excluding carboxylic acids is 4. The van der Waals surface area contributed by atoms with Crippen molar-refractivity contribution in [1.29, 1.82) is 0 Å². The van der Waals surface area contributed by atoms with E-state index in [-0.39, 0.29) is 35.7 Å². The first kappa shape index (κ1) is 39.6. The van der Waals surface area contributed by atoms with Crippen LogP contribution in [0.25, 0.3) is 33.6 Å². The molecule has 14 nitrogen and oxygen atoms in total. The Morgan fingerprint density at radius 1 is 0.702 bits per heavy atom. The number of nitrogens with zero attached hydrogens (tertiary/aromatic N) is 3. The molecule has 7 rings (SSSR count). The summed E-state index contributed by atoms with van der Waals surface area (Å²) in [6.07, 6.45) is 3.89. The number of carbonyl (C=O) groups is 4. The van der Waals surface area contributed by atoms with Gasteiger partial charge in [0.1, 0.15) is 17.9 Å². The molecule has 3 aliphatic rings. The molecule has 2 fully saturated rings. The zero-order chi connectivity index (χ0) is 40.4. The average molecular weight is 780 g/mol. The van der Waals surface area contributed by atoms with E-state index in [2.05, 4.69) is 74.1 Å². The maximum atomic E-state index is 13.8. The highest BCUT2D eigenvalue weighted by atomic mass is 16.5. The largest absolute Gasteiger partial charge is 0.453 e. The molecule has 14 heteroatoms. The summed E-state index contributed by atoms with van der Waals surface area (Å²) in [4.78, 5) is 67.0. The number of nitrogens with one attached hydrogen (secondary N) is 4. The van der Waals surface area contributed by atoms with E-state index in [0.29, 0.717) is 26.3 Å². The lowest BCUT2D eigenvalue weighted by molar-refractivity contribution is -0.136. The lowest BCUT2D eigenvalue weighted by Crippen LogP contribution is -2.51. The molecule has 2 aromatic heterocycles. The number of rotatable bonds is 11. The van der Waals surface area contributed by atoms with Gasteiger partial charge in [0, 0.05) is 29.9 Å². The van der Waals surface area contributed by atoms with E-state index < -0.39 is 24.3 Å². The number of ether oxygens (including phenoxy) is 3. The summed E-state index contributed by atoms with van der Waals surface area (Å²) < 4.78 is 15.5. The summed E-state index contributed by atoms with van der Waals surface area (Å²) >= 11 is 0. The van der Waals surface area contributed by atoms with Crippen LogP contribution in [0, 0.1) is 11.8 Å². The minimum Gasteiger partial charge on any atom is -0.453 e. The molecule has 302 valence electrons. The van der Waals surface area contributed by atoms with Crippen molar-refractivity contribution in [2.24, 2.45) is 11.8 Å². The molecule has 4 aromatic rings. The van der Waals surface area contributed by atoms with Gasteiger partial charge in [-0.1, -0.05) is 76.2 Å². The van der Waals surface area contributed by atoms with Gasteiger partial charge in [-0.3, -0.25) is 9.59 Å². The van der Waals surface area contributed by atoms with Crippen molar-refractivity contribution in [1.82, 2.24) is 35.4 Å². The number of likely N-dealkylation sites (tertiary alicyclic amines) is 2. The number of fused-ring (bicyclic) bond motifs is 1. The number of benzene rings is 2. The van der Waals surface area contributed by atoms with Gasteiger partial charge in [0.15, 0.2) is 0 Å². The molecular weight excluding hydrogens is 727 g/mol. The lowest BCUT2D eigenvalue weighted by Gasteiger charge is -2.31. The van der Waals surface area contributed by atoms with Crippen molar-refractivity contribution in [3.8, 4) is 33.6 Å². The molecule has 0 aliphatic carbocycles. The second kappa shape index (κ2) is 16.8. The van der Waals surface area contributed by atoms with Crippen LogP contribution in [0.3, 0.4) is 0 Å². The highest BCUT2D eigenvalue weighted by molar-refractivity contribution is 5.87. The van der Waals surface area contributed by atoms with Crippen LogP contribution in [0.4, 0.5) is 9.59 Å². The molecule has 0 saturated carbocycles. The van der Waals surface area contributed by atoms with Crippen LogP contribution in [0.5, 0.6) is 0 Å². The van der Waals surface area contributed by atoms with E-state index in [1.54, 1.807) is 0 Å². The Balaban J connectivity index is 1.05. The minimum absolute atomic E-state index is 0.103. The maximum absolute atomic E-state index is 13.8. The number of hydrogen-bond acceptors (Lipinski definition) is 8. The molecule has 0 radical (unpaired) electrons. The van der Waals surface area contributed by atoms with E-state index in [9.17, 15) is 19.2 Å². The van der Waals surface area contributed by atoms with Crippen LogP contribution in [0.1, 0.15) is 88.1 Å². The zero-order valence-corrected chi connectivity index (χ0v) is 33.5. The van der Waals surface area contributed by atoms with E-state index >= 15 is 0 Å². The van der Waals surface area contributed by atoms with E-state index in [0.717, 1.165) is 82.0 Å². The Morgan fingerprint density at radius 2 is 1.19 bits per heavy atom. The fourth-order valence-electron chi connectivity index (χ4n) is 8.43. The molecule has 0 bridgehead atoms. The summed E-state index contributed by atoms with van der Waals surface area (Å²) in [5.74, 6) is 0.269. The number of aromatic nitrogens is 3. The summed E-state index contributed by atoms with van der Waals surface area (Å²) in [5.41, 5.74) is 9.26. The molecule has 4 N–H and O–H groups in total. The van der Waals surface area contributed by atoms with Gasteiger partial charge in [-0.05, 0) is 59.8 Å². The normalized spacial score (nSPS) is 18.8. The van der Waals surface area contributed by atoms with Crippen LogP contribution in [-0.2, 0) is 37.0 Å². The predicted molar refractivity (Wildman–Crippen MR) is 213 cm³/mol. The van der Waals surface area contributed by atoms with Crippen LogP contribution in [0.2, 0.25) is 0 Å². The Labute approximate surface area is 333 Å². The molecule has 4 amide bonds.